The van der Waals surface area contributed by atoms with Gasteiger partial charge in [-0.2, -0.15) is 0 Å². The van der Waals surface area contributed by atoms with Crippen LogP contribution in [-0.4, -0.2) is 49.7 Å². The molecule has 0 bridgehead atoms. The van der Waals surface area contributed by atoms with Gasteiger partial charge in [-0.25, -0.2) is 18.4 Å². The molecule has 0 spiro atoms. The third kappa shape index (κ3) is 2.24. The molecule has 0 aliphatic carbocycles. The minimum absolute atomic E-state index is 0.0712. The normalized spacial score (nSPS) is 25.7. The van der Waals surface area contributed by atoms with Gasteiger partial charge in [0.2, 0.25) is 5.91 Å². The zero-order valence-electron chi connectivity index (χ0n) is 11.3. The maximum Gasteiger partial charge on any atom is 0.220 e. The van der Waals surface area contributed by atoms with Crippen molar-refractivity contribution in [1.82, 2.24) is 15.3 Å². The summed E-state index contributed by atoms with van der Waals surface area (Å²) in [5, 5.41) is 2.91. The van der Waals surface area contributed by atoms with E-state index in [1.165, 1.54) is 6.20 Å². The van der Waals surface area contributed by atoms with Crippen LogP contribution < -0.4 is 10.2 Å². The number of hydrogen-bond donors (Lipinski definition) is 1. The van der Waals surface area contributed by atoms with E-state index in [9.17, 15) is 13.2 Å². The van der Waals surface area contributed by atoms with Crippen LogP contribution in [0.25, 0.3) is 0 Å². The molecule has 1 amide bonds. The Labute approximate surface area is 117 Å². The number of rotatable bonds is 2. The van der Waals surface area contributed by atoms with Gasteiger partial charge in [-0.15, -0.1) is 0 Å². The second-order valence-corrected chi connectivity index (χ2v) is 7.40. The lowest BCUT2D eigenvalue weighted by Crippen LogP contribution is -2.33. The Kier molecular flexibility index (Phi) is 2.93. The summed E-state index contributed by atoms with van der Waals surface area (Å²) in [5.41, 5.74) is 0. The number of sulfone groups is 1. The number of aromatic nitrogens is 2. The highest BCUT2D eigenvalue weighted by atomic mass is 32.2. The molecule has 0 aromatic carbocycles. The van der Waals surface area contributed by atoms with Crippen molar-refractivity contribution in [1.29, 1.82) is 0 Å². The summed E-state index contributed by atoms with van der Waals surface area (Å²) in [6.07, 6.45) is 3.02. The van der Waals surface area contributed by atoms with E-state index in [2.05, 4.69) is 15.3 Å². The molecule has 1 aromatic rings. The molecular weight excluding hydrogens is 280 g/mol. The molecule has 8 heteroatoms. The molecule has 0 saturated carbocycles. The third-order valence-electron chi connectivity index (χ3n) is 3.79. The van der Waals surface area contributed by atoms with E-state index in [1.807, 2.05) is 4.90 Å². The smallest absolute Gasteiger partial charge is 0.220 e. The maximum atomic E-state index is 11.8. The number of aryl methyl sites for hydroxylation is 1. The number of carbonyl (C=O) groups excluding carboxylic acids is 1. The summed E-state index contributed by atoms with van der Waals surface area (Å²) in [4.78, 5) is 21.7. The first kappa shape index (κ1) is 13.3. The summed E-state index contributed by atoms with van der Waals surface area (Å²) in [5.74, 6) is 1.28. The highest BCUT2D eigenvalue weighted by Crippen LogP contribution is 2.31. The van der Waals surface area contributed by atoms with Crippen LogP contribution in [-0.2, 0) is 14.6 Å². The van der Waals surface area contributed by atoms with Gasteiger partial charge >= 0.3 is 0 Å². The van der Waals surface area contributed by atoms with E-state index < -0.39 is 9.84 Å². The van der Waals surface area contributed by atoms with Gasteiger partial charge in [-0.05, 0) is 6.92 Å². The monoisotopic (exact) mass is 296 g/mol. The Morgan fingerprint density at radius 2 is 2.15 bits per heavy atom. The fourth-order valence-electron chi connectivity index (χ4n) is 2.85. The topological polar surface area (TPSA) is 92.3 Å². The highest BCUT2D eigenvalue weighted by Gasteiger charge is 2.41. The van der Waals surface area contributed by atoms with Crippen LogP contribution in [0.2, 0.25) is 0 Å². The number of amides is 1. The number of anilines is 1. The van der Waals surface area contributed by atoms with E-state index in [0.29, 0.717) is 31.2 Å². The second-order valence-electron chi connectivity index (χ2n) is 5.42. The number of hydrogen-bond acceptors (Lipinski definition) is 6. The molecule has 3 heterocycles. The predicted octanol–water partition coefficient (Wildman–Crippen LogP) is -0.487. The quantitative estimate of drug-likeness (QED) is 0.792. The molecule has 108 valence electrons. The summed E-state index contributed by atoms with van der Waals surface area (Å²) in [6, 6.07) is 0.0881. The number of carbonyl (C=O) groups is 1. The zero-order valence-corrected chi connectivity index (χ0v) is 12.1. The summed E-state index contributed by atoms with van der Waals surface area (Å²) < 4.78 is 23.7. The van der Waals surface area contributed by atoms with Gasteiger partial charge in [0.05, 0.1) is 12.2 Å². The van der Waals surface area contributed by atoms with Crippen LogP contribution in [0.15, 0.2) is 11.1 Å². The van der Waals surface area contributed by atoms with Gasteiger partial charge in [0.15, 0.2) is 15.7 Å². The average molecular weight is 296 g/mol. The first-order chi connectivity index (χ1) is 9.34. The zero-order chi connectivity index (χ0) is 14.5. The SMILES string of the molecule is Cc1ncc(S(C)(=O)=O)c(N2C[C@@H]3CC(=O)N[C@@H]3C2)n1. The Morgan fingerprint density at radius 3 is 2.80 bits per heavy atom. The van der Waals surface area contributed by atoms with Crippen molar-refractivity contribution in [2.45, 2.75) is 24.3 Å². The molecule has 7 nitrogen and oxygen atoms in total. The van der Waals surface area contributed by atoms with Gasteiger partial charge in [0.1, 0.15) is 10.7 Å². The lowest BCUT2D eigenvalue weighted by molar-refractivity contribution is -0.119. The van der Waals surface area contributed by atoms with E-state index in [4.69, 9.17) is 0 Å². The predicted molar refractivity (Wildman–Crippen MR) is 72.1 cm³/mol. The molecule has 1 N–H and O–H groups in total. The molecule has 1 aromatic heterocycles. The van der Waals surface area contributed by atoms with Crippen LogP contribution in [0.3, 0.4) is 0 Å². The Balaban J connectivity index is 1.96. The third-order valence-corrected chi connectivity index (χ3v) is 4.88. The molecule has 2 atom stereocenters. The highest BCUT2D eigenvalue weighted by molar-refractivity contribution is 7.90. The molecule has 3 rings (SSSR count). The van der Waals surface area contributed by atoms with E-state index in [-0.39, 0.29) is 22.8 Å². The van der Waals surface area contributed by atoms with Crippen LogP contribution in [0, 0.1) is 12.8 Å². The van der Waals surface area contributed by atoms with Crippen molar-refractivity contribution in [3.05, 3.63) is 12.0 Å². The van der Waals surface area contributed by atoms with Crippen molar-refractivity contribution in [3.63, 3.8) is 0 Å². The van der Waals surface area contributed by atoms with Crippen molar-refractivity contribution in [3.8, 4) is 0 Å². The largest absolute Gasteiger partial charge is 0.353 e. The minimum Gasteiger partial charge on any atom is -0.353 e. The van der Waals surface area contributed by atoms with Gasteiger partial charge < -0.3 is 10.2 Å². The minimum atomic E-state index is -3.38. The summed E-state index contributed by atoms with van der Waals surface area (Å²) in [6.45, 7) is 2.96. The Hall–Kier alpha value is -1.70. The van der Waals surface area contributed by atoms with Crippen molar-refractivity contribution >= 4 is 21.6 Å². The standard InChI is InChI=1S/C12H16N4O3S/c1-7-13-4-10(20(2,18)19)12(14-7)16-5-8-3-11(17)15-9(8)6-16/h4,8-9H,3,5-6H2,1-2H3,(H,15,17)/t8-,9+/m0/s1. The molecule has 2 aliphatic heterocycles. The number of nitrogens with one attached hydrogen (secondary N) is 1. The van der Waals surface area contributed by atoms with E-state index in [0.717, 1.165) is 6.26 Å². The number of nitrogens with zero attached hydrogens (tertiary/aromatic N) is 3. The first-order valence-corrected chi connectivity index (χ1v) is 8.32. The van der Waals surface area contributed by atoms with E-state index in [1.54, 1.807) is 6.92 Å². The Morgan fingerprint density at radius 1 is 1.40 bits per heavy atom. The van der Waals surface area contributed by atoms with Crippen LogP contribution in [0.4, 0.5) is 5.82 Å². The number of fused-ring (bicyclic) bond motifs is 1. The van der Waals surface area contributed by atoms with Crippen LogP contribution >= 0.6 is 0 Å². The van der Waals surface area contributed by atoms with Crippen LogP contribution in [0.1, 0.15) is 12.2 Å². The molecule has 2 fully saturated rings. The van der Waals surface area contributed by atoms with Crippen molar-refractivity contribution in [2.24, 2.45) is 5.92 Å². The summed E-state index contributed by atoms with van der Waals surface area (Å²) in [7, 11) is -3.38. The molecule has 0 radical (unpaired) electrons. The second kappa shape index (κ2) is 4.41. The fraction of sp³-hybridized carbons (Fsp3) is 0.583. The van der Waals surface area contributed by atoms with Crippen molar-refractivity contribution < 1.29 is 13.2 Å². The van der Waals surface area contributed by atoms with Gasteiger partial charge in [0.25, 0.3) is 0 Å². The average Bonchev–Trinajstić information content (AvgIpc) is 2.84. The fourth-order valence-corrected chi connectivity index (χ4v) is 3.60. The maximum absolute atomic E-state index is 11.8. The van der Waals surface area contributed by atoms with Gasteiger partial charge in [-0.3, -0.25) is 4.79 Å². The van der Waals surface area contributed by atoms with E-state index >= 15 is 0 Å². The molecule has 2 saturated heterocycles. The lowest BCUT2D eigenvalue weighted by atomic mass is 10.1. The molecular formula is C12H16N4O3S. The summed E-state index contributed by atoms with van der Waals surface area (Å²) >= 11 is 0. The molecule has 20 heavy (non-hydrogen) atoms. The lowest BCUT2D eigenvalue weighted by Gasteiger charge is -2.20. The molecule has 0 unspecified atom stereocenters. The van der Waals surface area contributed by atoms with Crippen molar-refractivity contribution in [2.75, 3.05) is 24.2 Å². The molecule has 2 aliphatic rings. The first-order valence-electron chi connectivity index (χ1n) is 6.42. The van der Waals surface area contributed by atoms with Crippen LogP contribution in [0.5, 0.6) is 0 Å². The Bertz CT molecular complexity index is 657. The van der Waals surface area contributed by atoms with Gasteiger partial charge in [0, 0.05) is 31.7 Å². The van der Waals surface area contributed by atoms with Gasteiger partial charge in [-0.1, -0.05) is 0 Å².